The number of thiophene rings is 1. The lowest BCUT2D eigenvalue weighted by Crippen LogP contribution is -1.88. The van der Waals surface area contributed by atoms with E-state index in [-0.39, 0.29) is 11.6 Å². The molecule has 0 radical (unpaired) electrons. The highest BCUT2D eigenvalue weighted by Gasteiger charge is 2.10. The van der Waals surface area contributed by atoms with Crippen molar-refractivity contribution < 1.29 is 9.18 Å². The molecule has 2 nitrogen and oxygen atoms in total. The van der Waals surface area contributed by atoms with Crippen LogP contribution < -0.4 is 0 Å². The number of ketones is 1. The first kappa shape index (κ1) is 14.4. The van der Waals surface area contributed by atoms with Crippen molar-refractivity contribution in [2.75, 3.05) is 0 Å². The lowest BCUT2D eigenvalue weighted by Gasteiger charge is -1.98. The van der Waals surface area contributed by atoms with Gasteiger partial charge in [-0.25, -0.2) is 4.39 Å². The summed E-state index contributed by atoms with van der Waals surface area (Å²) < 4.78 is 13.8. The second kappa shape index (κ2) is 6.45. The predicted octanol–water partition coefficient (Wildman–Crippen LogP) is 4.85. The van der Waals surface area contributed by atoms with Crippen molar-refractivity contribution >= 4 is 23.2 Å². The average molecular weight is 309 g/mol. The molecule has 3 aromatic rings. The molecular formula is C18H12FNOS. The van der Waals surface area contributed by atoms with Crippen LogP contribution in [0, 0.1) is 5.82 Å². The number of allylic oxidation sites excluding steroid dienone is 1. The molecule has 1 aromatic carbocycles. The van der Waals surface area contributed by atoms with Crippen LogP contribution >= 0.6 is 11.3 Å². The summed E-state index contributed by atoms with van der Waals surface area (Å²) in [5, 5.41) is 0. The number of pyridine rings is 1. The molecule has 0 N–H and O–H groups in total. The highest BCUT2D eigenvalue weighted by Crippen LogP contribution is 2.30. The van der Waals surface area contributed by atoms with Crippen molar-refractivity contribution in [2.24, 2.45) is 0 Å². The molecule has 4 heteroatoms. The van der Waals surface area contributed by atoms with Gasteiger partial charge < -0.3 is 0 Å². The van der Waals surface area contributed by atoms with Gasteiger partial charge in [-0.2, -0.15) is 0 Å². The van der Waals surface area contributed by atoms with E-state index >= 15 is 0 Å². The molecule has 22 heavy (non-hydrogen) atoms. The molecular weight excluding hydrogens is 297 g/mol. The third-order valence-electron chi connectivity index (χ3n) is 3.10. The van der Waals surface area contributed by atoms with Gasteiger partial charge in [-0.1, -0.05) is 24.3 Å². The Balaban J connectivity index is 1.81. The van der Waals surface area contributed by atoms with Crippen LogP contribution in [0.25, 0.3) is 16.5 Å². The molecule has 3 rings (SSSR count). The molecule has 0 saturated heterocycles. The van der Waals surface area contributed by atoms with Crippen molar-refractivity contribution in [3.8, 4) is 10.4 Å². The lowest BCUT2D eigenvalue weighted by molar-refractivity contribution is 0.105. The Morgan fingerprint density at radius 2 is 1.95 bits per heavy atom. The van der Waals surface area contributed by atoms with E-state index in [9.17, 15) is 9.18 Å². The van der Waals surface area contributed by atoms with Gasteiger partial charge in [0, 0.05) is 22.8 Å². The molecule has 0 unspecified atom stereocenters. The molecule has 0 atom stereocenters. The van der Waals surface area contributed by atoms with E-state index in [1.165, 1.54) is 23.5 Å². The molecule has 0 aliphatic rings. The third kappa shape index (κ3) is 3.18. The van der Waals surface area contributed by atoms with Gasteiger partial charge in [-0.15, -0.1) is 11.3 Å². The molecule has 0 amide bonds. The minimum absolute atomic E-state index is 0.101. The molecule has 0 aliphatic heterocycles. The van der Waals surface area contributed by atoms with E-state index < -0.39 is 0 Å². The summed E-state index contributed by atoms with van der Waals surface area (Å²) in [5.41, 5.74) is 1.38. The Hall–Kier alpha value is -2.59. The summed E-state index contributed by atoms with van der Waals surface area (Å²) in [6.45, 7) is 0. The van der Waals surface area contributed by atoms with Crippen LogP contribution in [-0.2, 0) is 0 Å². The van der Waals surface area contributed by atoms with Gasteiger partial charge in [0.1, 0.15) is 5.82 Å². The fourth-order valence-electron chi connectivity index (χ4n) is 2.00. The number of aromatic nitrogens is 1. The van der Waals surface area contributed by atoms with Crippen LogP contribution in [-0.4, -0.2) is 10.8 Å². The zero-order valence-corrected chi connectivity index (χ0v) is 12.4. The number of halogens is 1. The molecule has 2 heterocycles. The number of rotatable bonds is 4. The number of carbonyl (C=O) groups excluding carboxylic acids is 1. The van der Waals surface area contributed by atoms with E-state index in [0.29, 0.717) is 10.4 Å². The number of nitrogens with zero attached hydrogens (tertiary/aromatic N) is 1. The number of hydrogen-bond donors (Lipinski definition) is 0. The summed E-state index contributed by atoms with van der Waals surface area (Å²) >= 11 is 1.29. The normalized spacial score (nSPS) is 11.0. The summed E-state index contributed by atoms with van der Waals surface area (Å²) in [6.07, 6.45) is 6.59. The molecule has 2 aromatic heterocycles. The van der Waals surface area contributed by atoms with E-state index in [1.54, 1.807) is 48.8 Å². The maximum Gasteiger partial charge on any atom is 0.195 e. The van der Waals surface area contributed by atoms with Crippen LogP contribution in [0.1, 0.15) is 15.2 Å². The summed E-state index contributed by atoms with van der Waals surface area (Å²) in [4.78, 5) is 17.5. The van der Waals surface area contributed by atoms with Gasteiger partial charge >= 0.3 is 0 Å². The minimum atomic E-state index is -0.283. The van der Waals surface area contributed by atoms with Gasteiger partial charge in [-0.05, 0) is 42.0 Å². The first-order valence-corrected chi connectivity index (χ1v) is 7.53. The second-order valence-electron chi connectivity index (χ2n) is 4.63. The highest BCUT2D eigenvalue weighted by atomic mass is 32.1. The predicted molar refractivity (Wildman–Crippen MR) is 87.3 cm³/mol. The molecule has 108 valence electrons. The van der Waals surface area contributed by atoms with Crippen LogP contribution in [0.2, 0.25) is 0 Å². The van der Waals surface area contributed by atoms with Crippen molar-refractivity contribution in [3.05, 3.63) is 83.3 Å². The fourth-order valence-corrected chi connectivity index (χ4v) is 2.96. The SMILES string of the molecule is O=C(/C=C/c1cccnc1)c1ccc(-c2ccccc2F)s1. The Kier molecular flexibility index (Phi) is 4.21. The molecule has 0 fully saturated rings. The monoisotopic (exact) mass is 309 g/mol. The molecule has 0 bridgehead atoms. The van der Waals surface area contributed by atoms with Crippen molar-refractivity contribution in [2.45, 2.75) is 0 Å². The second-order valence-corrected chi connectivity index (χ2v) is 5.71. The average Bonchev–Trinajstić information content (AvgIpc) is 3.04. The first-order valence-electron chi connectivity index (χ1n) is 6.71. The van der Waals surface area contributed by atoms with E-state index in [0.717, 1.165) is 10.4 Å². The zero-order valence-electron chi connectivity index (χ0n) is 11.6. The van der Waals surface area contributed by atoms with Crippen molar-refractivity contribution in [3.63, 3.8) is 0 Å². The van der Waals surface area contributed by atoms with Crippen molar-refractivity contribution in [1.29, 1.82) is 0 Å². The van der Waals surface area contributed by atoms with E-state index in [2.05, 4.69) is 4.98 Å². The Labute approximate surface area is 131 Å². The molecule has 0 saturated carbocycles. The molecule has 0 spiro atoms. The van der Waals surface area contributed by atoms with Gasteiger partial charge in [0.15, 0.2) is 5.78 Å². The topological polar surface area (TPSA) is 30.0 Å². The highest BCUT2D eigenvalue weighted by molar-refractivity contribution is 7.17. The van der Waals surface area contributed by atoms with E-state index in [1.807, 2.05) is 12.1 Å². The third-order valence-corrected chi connectivity index (χ3v) is 4.23. The van der Waals surface area contributed by atoms with E-state index in [4.69, 9.17) is 0 Å². The van der Waals surface area contributed by atoms with Gasteiger partial charge in [-0.3, -0.25) is 9.78 Å². The first-order chi connectivity index (χ1) is 10.7. The van der Waals surface area contributed by atoms with Crippen LogP contribution in [0.4, 0.5) is 4.39 Å². The van der Waals surface area contributed by atoms with Crippen molar-refractivity contribution in [1.82, 2.24) is 4.98 Å². The smallest absolute Gasteiger partial charge is 0.195 e. The Bertz CT molecular complexity index is 824. The minimum Gasteiger partial charge on any atom is -0.288 e. The van der Waals surface area contributed by atoms with Gasteiger partial charge in [0.25, 0.3) is 0 Å². The summed E-state index contributed by atoms with van der Waals surface area (Å²) in [6, 6.07) is 13.7. The summed E-state index contributed by atoms with van der Waals surface area (Å²) in [7, 11) is 0. The number of carbonyl (C=O) groups is 1. The fraction of sp³-hybridized carbons (Fsp3) is 0. The van der Waals surface area contributed by atoms with Gasteiger partial charge in [0.05, 0.1) is 4.88 Å². The van der Waals surface area contributed by atoms with Crippen LogP contribution in [0.5, 0.6) is 0 Å². The van der Waals surface area contributed by atoms with Gasteiger partial charge in [0.2, 0.25) is 0 Å². The standard InChI is InChI=1S/C18H12FNOS/c19-15-6-2-1-5-14(15)17-9-10-18(22-17)16(21)8-7-13-4-3-11-20-12-13/h1-12H/b8-7+. The largest absolute Gasteiger partial charge is 0.288 e. The number of benzene rings is 1. The Morgan fingerprint density at radius 3 is 2.73 bits per heavy atom. The Morgan fingerprint density at radius 1 is 1.09 bits per heavy atom. The lowest BCUT2D eigenvalue weighted by atomic mass is 10.2. The maximum atomic E-state index is 13.8. The van der Waals surface area contributed by atoms with Crippen LogP contribution in [0.15, 0.2) is 67.0 Å². The molecule has 0 aliphatic carbocycles. The quantitative estimate of drug-likeness (QED) is 0.509. The van der Waals surface area contributed by atoms with Crippen LogP contribution in [0.3, 0.4) is 0 Å². The maximum absolute atomic E-state index is 13.8. The zero-order chi connectivity index (χ0) is 15.4. The summed E-state index contributed by atoms with van der Waals surface area (Å²) in [5.74, 6) is -0.384. The number of hydrogen-bond acceptors (Lipinski definition) is 3.